The van der Waals surface area contributed by atoms with Gasteiger partial charge in [-0.15, -0.1) is 0 Å². The third-order valence-corrected chi connectivity index (χ3v) is 6.14. The molecule has 1 fully saturated rings. The van der Waals surface area contributed by atoms with Crippen molar-refractivity contribution < 1.29 is 14.6 Å². The van der Waals surface area contributed by atoms with Crippen molar-refractivity contribution in [2.45, 2.75) is 58.3 Å². The van der Waals surface area contributed by atoms with Crippen molar-refractivity contribution in [2.75, 3.05) is 18.0 Å². The van der Waals surface area contributed by atoms with E-state index < -0.39 is 5.60 Å². The molecule has 0 radical (unpaired) electrons. The first kappa shape index (κ1) is 20.6. The third-order valence-electron chi connectivity index (χ3n) is 6.14. The van der Waals surface area contributed by atoms with Crippen LogP contribution in [0.2, 0.25) is 0 Å². The van der Waals surface area contributed by atoms with E-state index in [2.05, 4.69) is 38.4 Å². The fourth-order valence-corrected chi connectivity index (χ4v) is 4.81. The first-order valence-corrected chi connectivity index (χ1v) is 10.5. The maximum Gasteiger partial charge on any atom is 0.408 e. The molecule has 2 aromatic rings. The number of ether oxygens (including phenoxy) is 1. The largest absolute Gasteiger partial charge is 0.444 e. The summed E-state index contributed by atoms with van der Waals surface area (Å²) in [5.74, 6) is 0.752. The Morgan fingerprint density at radius 3 is 2.63 bits per heavy atom. The van der Waals surface area contributed by atoms with Crippen molar-refractivity contribution in [2.24, 2.45) is 5.41 Å². The van der Waals surface area contributed by atoms with Gasteiger partial charge in [-0.05, 0) is 51.2 Å². The van der Waals surface area contributed by atoms with Gasteiger partial charge < -0.3 is 20.1 Å². The van der Waals surface area contributed by atoms with E-state index in [0.717, 1.165) is 38.2 Å². The van der Waals surface area contributed by atoms with Gasteiger partial charge in [-0.1, -0.05) is 24.3 Å². The number of hydrogen-bond acceptors (Lipinski definition) is 6. The highest BCUT2D eigenvalue weighted by Gasteiger charge is 2.48. The highest BCUT2D eigenvalue weighted by Crippen LogP contribution is 2.52. The minimum Gasteiger partial charge on any atom is -0.444 e. The van der Waals surface area contributed by atoms with Crippen molar-refractivity contribution >= 4 is 11.9 Å². The summed E-state index contributed by atoms with van der Waals surface area (Å²) in [5.41, 5.74) is 2.49. The number of aliphatic hydroxyl groups is 1. The van der Waals surface area contributed by atoms with Gasteiger partial charge in [0.1, 0.15) is 11.3 Å². The number of piperidine rings is 1. The average molecular weight is 411 g/mol. The number of fused-ring (bicyclic) bond motifs is 1. The third kappa shape index (κ3) is 3.99. The van der Waals surface area contributed by atoms with Crippen molar-refractivity contribution in [3.8, 4) is 0 Å². The minimum absolute atomic E-state index is 0.0569. The molecule has 7 nitrogen and oxygen atoms in total. The quantitative estimate of drug-likeness (QED) is 0.807. The molecule has 1 aromatic carbocycles. The second-order valence-corrected chi connectivity index (χ2v) is 9.29. The molecular weight excluding hydrogens is 380 g/mol. The van der Waals surface area contributed by atoms with Crippen molar-refractivity contribution in [3.63, 3.8) is 0 Å². The zero-order valence-corrected chi connectivity index (χ0v) is 17.9. The molecule has 4 rings (SSSR count). The van der Waals surface area contributed by atoms with E-state index in [0.29, 0.717) is 5.69 Å². The zero-order valence-electron chi connectivity index (χ0n) is 17.9. The maximum atomic E-state index is 12.6. The van der Waals surface area contributed by atoms with Crippen LogP contribution in [0.4, 0.5) is 10.6 Å². The van der Waals surface area contributed by atoms with Crippen LogP contribution in [-0.2, 0) is 17.8 Å². The van der Waals surface area contributed by atoms with Crippen LogP contribution < -0.4 is 10.2 Å². The molecule has 0 bridgehead atoms. The van der Waals surface area contributed by atoms with Gasteiger partial charge in [0, 0.05) is 30.9 Å². The minimum atomic E-state index is -0.536. The van der Waals surface area contributed by atoms with E-state index >= 15 is 0 Å². The maximum absolute atomic E-state index is 12.6. The molecule has 2 heterocycles. The molecule has 1 amide bonds. The van der Waals surface area contributed by atoms with Crippen molar-refractivity contribution in [3.05, 3.63) is 53.5 Å². The number of carbonyl (C=O) groups is 1. The van der Waals surface area contributed by atoms with Crippen LogP contribution in [0.5, 0.6) is 0 Å². The van der Waals surface area contributed by atoms with Gasteiger partial charge in [-0.3, -0.25) is 4.98 Å². The lowest BCUT2D eigenvalue weighted by molar-refractivity contribution is 0.0428. The summed E-state index contributed by atoms with van der Waals surface area (Å²) in [6.45, 7) is 7.10. The molecule has 0 saturated carbocycles. The molecule has 2 N–H and O–H groups in total. The number of hydrogen-bond donors (Lipinski definition) is 2. The number of rotatable bonds is 3. The molecule has 1 aliphatic carbocycles. The number of aromatic nitrogens is 2. The number of aliphatic hydroxyl groups excluding tert-OH is 1. The molecule has 2 aliphatic rings. The molecule has 7 heteroatoms. The SMILES string of the molecule is CC(C)(C)OC(=O)NC1c2ccccc2CC12CCN(c1nccnc1CO)CC2. The summed E-state index contributed by atoms with van der Waals surface area (Å²) in [6.07, 6.45) is 5.65. The van der Waals surface area contributed by atoms with E-state index in [1.54, 1.807) is 12.4 Å². The van der Waals surface area contributed by atoms with Crippen LogP contribution in [-0.4, -0.2) is 39.9 Å². The number of anilines is 1. The lowest BCUT2D eigenvalue weighted by Crippen LogP contribution is -2.48. The number of carbonyl (C=O) groups excluding carboxylic acids is 1. The standard InChI is InChI=1S/C23H30N4O3/c1-22(2,3)30-21(29)26-19-17-7-5-4-6-16(17)14-23(19)8-12-27(13-9-23)20-18(15-28)24-10-11-25-20/h4-7,10-11,19,28H,8-9,12-15H2,1-3H3,(H,26,29). The normalized spacial score (nSPS) is 20.1. The van der Waals surface area contributed by atoms with E-state index in [1.165, 1.54) is 11.1 Å². The number of nitrogens with one attached hydrogen (secondary N) is 1. The van der Waals surface area contributed by atoms with Gasteiger partial charge in [-0.2, -0.15) is 0 Å². The molecule has 1 saturated heterocycles. The Morgan fingerprint density at radius 1 is 1.23 bits per heavy atom. The molecule has 1 unspecified atom stereocenters. The van der Waals surface area contributed by atoms with Crippen LogP contribution in [0.15, 0.2) is 36.7 Å². The molecule has 160 valence electrons. The van der Waals surface area contributed by atoms with E-state index in [9.17, 15) is 9.90 Å². The fraction of sp³-hybridized carbons (Fsp3) is 0.522. The van der Waals surface area contributed by atoms with Crippen molar-refractivity contribution in [1.29, 1.82) is 0 Å². The molecule has 1 aromatic heterocycles. The Bertz CT molecular complexity index is 917. The van der Waals surface area contributed by atoms with Crippen LogP contribution in [0.3, 0.4) is 0 Å². The van der Waals surface area contributed by atoms with Gasteiger partial charge >= 0.3 is 6.09 Å². The number of alkyl carbamates (subject to hydrolysis) is 1. The summed E-state index contributed by atoms with van der Waals surface area (Å²) < 4.78 is 5.56. The highest BCUT2D eigenvalue weighted by atomic mass is 16.6. The van der Waals surface area contributed by atoms with Crippen LogP contribution in [0.1, 0.15) is 56.5 Å². The monoisotopic (exact) mass is 410 g/mol. The highest BCUT2D eigenvalue weighted by molar-refractivity contribution is 5.69. The van der Waals surface area contributed by atoms with Crippen LogP contribution in [0, 0.1) is 5.41 Å². The smallest absolute Gasteiger partial charge is 0.408 e. The molecule has 1 atom stereocenters. The number of nitrogens with zero attached hydrogens (tertiary/aromatic N) is 3. The van der Waals surface area contributed by atoms with Crippen LogP contribution >= 0.6 is 0 Å². The van der Waals surface area contributed by atoms with E-state index in [1.807, 2.05) is 26.8 Å². The molecular formula is C23H30N4O3. The summed E-state index contributed by atoms with van der Waals surface area (Å²) >= 11 is 0. The van der Waals surface area contributed by atoms with E-state index in [4.69, 9.17) is 4.74 Å². The Kier molecular flexibility index (Phi) is 5.40. The van der Waals surface area contributed by atoms with Gasteiger partial charge in [-0.25, -0.2) is 9.78 Å². The predicted octanol–water partition coefficient (Wildman–Crippen LogP) is 3.38. The Balaban J connectivity index is 1.56. The van der Waals surface area contributed by atoms with E-state index in [-0.39, 0.29) is 24.2 Å². The zero-order chi connectivity index (χ0) is 21.4. The Hall–Kier alpha value is -2.67. The predicted molar refractivity (Wildman–Crippen MR) is 114 cm³/mol. The number of amides is 1. The fourth-order valence-electron chi connectivity index (χ4n) is 4.81. The first-order valence-electron chi connectivity index (χ1n) is 10.5. The average Bonchev–Trinajstić information content (AvgIpc) is 3.00. The number of benzene rings is 1. The lowest BCUT2D eigenvalue weighted by Gasteiger charge is -2.44. The molecule has 1 aliphatic heterocycles. The molecule has 1 spiro atoms. The van der Waals surface area contributed by atoms with Gasteiger partial charge in [0.05, 0.1) is 12.6 Å². The van der Waals surface area contributed by atoms with Crippen molar-refractivity contribution in [1.82, 2.24) is 15.3 Å². The Morgan fingerprint density at radius 2 is 1.93 bits per heavy atom. The van der Waals surface area contributed by atoms with Gasteiger partial charge in [0.15, 0.2) is 5.82 Å². The topological polar surface area (TPSA) is 87.6 Å². The second-order valence-electron chi connectivity index (χ2n) is 9.29. The Labute approximate surface area is 177 Å². The summed E-state index contributed by atoms with van der Waals surface area (Å²) in [4.78, 5) is 23.5. The second kappa shape index (κ2) is 7.87. The first-order chi connectivity index (χ1) is 14.3. The lowest BCUT2D eigenvalue weighted by atomic mass is 9.72. The van der Waals surface area contributed by atoms with Gasteiger partial charge in [0.25, 0.3) is 0 Å². The summed E-state index contributed by atoms with van der Waals surface area (Å²) in [7, 11) is 0. The molecule has 30 heavy (non-hydrogen) atoms. The summed E-state index contributed by atoms with van der Waals surface area (Å²) in [5, 5.41) is 12.8. The van der Waals surface area contributed by atoms with Gasteiger partial charge in [0.2, 0.25) is 0 Å². The van der Waals surface area contributed by atoms with Crippen LogP contribution in [0.25, 0.3) is 0 Å². The summed E-state index contributed by atoms with van der Waals surface area (Å²) in [6, 6.07) is 8.29.